The van der Waals surface area contributed by atoms with Crippen LogP contribution in [0.1, 0.15) is 0 Å². The van der Waals surface area contributed by atoms with Crippen LogP contribution in [0.15, 0.2) is 64.0 Å². The maximum atomic E-state index is 10.3. The van der Waals surface area contributed by atoms with Gasteiger partial charge < -0.3 is 10.0 Å². The van der Waals surface area contributed by atoms with E-state index in [4.69, 9.17) is 0 Å². The number of benzene rings is 2. The van der Waals surface area contributed by atoms with E-state index in [0.29, 0.717) is 0 Å². The molecule has 2 aromatic rings. The standard InChI is InChI=1S/C19H23BrN2OS/c20-16-6-8-19(9-7-16)24-15-18(23)14-21-10-12-22(13-11-21)17-4-2-1-3-5-17/h1-9,18,23H,10-15H2/t18-/m1/s1. The lowest BCUT2D eigenvalue weighted by Gasteiger charge is -2.36. The molecule has 0 unspecified atom stereocenters. The Balaban J connectivity index is 1.40. The van der Waals surface area contributed by atoms with Crippen LogP contribution in [-0.2, 0) is 0 Å². The van der Waals surface area contributed by atoms with E-state index in [1.807, 2.05) is 12.1 Å². The lowest BCUT2D eigenvalue weighted by Crippen LogP contribution is -2.48. The maximum absolute atomic E-state index is 10.3. The number of halogens is 1. The summed E-state index contributed by atoms with van der Waals surface area (Å²) in [5, 5.41) is 10.3. The molecule has 2 aromatic carbocycles. The molecule has 1 aliphatic rings. The van der Waals surface area contributed by atoms with Crippen molar-refractivity contribution in [3.05, 3.63) is 59.1 Å². The minimum absolute atomic E-state index is 0.290. The van der Waals surface area contributed by atoms with Crippen molar-refractivity contribution in [1.82, 2.24) is 4.90 Å². The summed E-state index contributed by atoms with van der Waals surface area (Å²) in [7, 11) is 0. The Labute approximate surface area is 156 Å². The van der Waals surface area contributed by atoms with Crippen LogP contribution in [0, 0.1) is 0 Å². The predicted octanol–water partition coefficient (Wildman–Crippen LogP) is 3.72. The Hall–Kier alpha value is -1.01. The molecule has 3 rings (SSSR count). The van der Waals surface area contributed by atoms with Gasteiger partial charge in [0, 0.05) is 53.5 Å². The SMILES string of the molecule is O[C@@H](CSc1ccc(Br)cc1)CN1CCN(c2ccccc2)CC1. The molecule has 1 saturated heterocycles. The van der Waals surface area contributed by atoms with Crippen LogP contribution in [-0.4, -0.2) is 54.6 Å². The van der Waals surface area contributed by atoms with Gasteiger partial charge >= 0.3 is 0 Å². The highest BCUT2D eigenvalue weighted by Crippen LogP contribution is 2.22. The molecule has 0 saturated carbocycles. The molecule has 3 nitrogen and oxygen atoms in total. The second-order valence-corrected chi connectivity index (χ2v) is 8.05. The number of hydrogen-bond acceptors (Lipinski definition) is 4. The molecular weight excluding hydrogens is 384 g/mol. The average molecular weight is 407 g/mol. The van der Waals surface area contributed by atoms with Gasteiger partial charge in [-0.1, -0.05) is 34.1 Å². The third kappa shape index (κ3) is 5.24. The van der Waals surface area contributed by atoms with Crippen molar-refractivity contribution < 1.29 is 5.11 Å². The lowest BCUT2D eigenvalue weighted by atomic mass is 10.2. The number of para-hydroxylation sites is 1. The molecule has 128 valence electrons. The van der Waals surface area contributed by atoms with E-state index in [0.717, 1.165) is 42.9 Å². The number of rotatable bonds is 6. The highest BCUT2D eigenvalue weighted by molar-refractivity contribution is 9.10. The van der Waals surface area contributed by atoms with E-state index in [-0.39, 0.29) is 6.10 Å². The monoisotopic (exact) mass is 406 g/mol. The van der Waals surface area contributed by atoms with Crippen LogP contribution in [0.25, 0.3) is 0 Å². The molecule has 1 N–H and O–H groups in total. The summed E-state index contributed by atoms with van der Waals surface area (Å²) in [6, 6.07) is 18.8. The largest absolute Gasteiger partial charge is 0.391 e. The van der Waals surface area contributed by atoms with Crippen molar-refractivity contribution in [3.63, 3.8) is 0 Å². The van der Waals surface area contributed by atoms with E-state index >= 15 is 0 Å². The normalized spacial score (nSPS) is 17.0. The Morgan fingerprint density at radius 3 is 2.29 bits per heavy atom. The van der Waals surface area contributed by atoms with Gasteiger partial charge in [0.2, 0.25) is 0 Å². The molecular formula is C19H23BrN2OS. The number of β-amino-alcohol motifs (C(OH)–C–C–N with tert-alkyl or cyclic N) is 1. The molecule has 5 heteroatoms. The van der Waals surface area contributed by atoms with Gasteiger partial charge in [-0.3, -0.25) is 4.90 Å². The van der Waals surface area contributed by atoms with E-state index in [1.165, 1.54) is 10.6 Å². The number of aliphatic hydroxyl groups excluding tert-OH is 1. The van der Waals surface area contributed by atoms with Gasteiger partial charge in [-0.25, -0.2) is 0 Å². The fourth-order valence-electron chi connectivity index (χ4n) is 2.90. The number of piperazine rings is 1. The first kappa shape index (κ1) is 17.8. The summed E-state index contributed by atoms with van der Waals surface area (Å²) in [6.07, 6.45) is -0.290. The van der Waals surface area contributed by atoms with Gasteiger partial charge in [0.25, 0.3) is 0 Å². The van der Waals surface area contributed by atoms with E-state index in [9.17, 15) is 5.11 Å². The molecule has 1 fully saturated rings. The molecule has 0 spiro atoms. The third-order valence-corrected chi connectivity index (χ3v) is 5.90. The Bertz CT molecular complexity index is 615. The van der Waals surface area contributed by atoms with Gasteiger partial charge in [0.15, 0.2) is 0 Å². The number of aliphatic hydroxyl groups is 1. The van der Waals surface area contributed by atoms with Crippen LogP contribution in [0.5, 0.6) is 0 Å². The summed E-state index contributed by atoms with van der Waals surface area (Å²) >= 11 is 5.16. The van der Waals surface area contributed by atoms with Crippen molar-refractivity contribution in [2.45, 2.75) is 11.0 Å². The Kier molecular flexibility index (Phi) is 6.60. The van der Waals surface area contributed by atoms with Crippen LogP contribution in [0.2, 0.25) is 0 Å². The molecule has 24 heavy (non-hydrogen) atoms. The molecule has 1 heterocycles. The molecule has 0 bridgehead atoms. The van der Waals surface area contributed by atoms with Crippen molar-refractivity contribution in [1.29, 1.82) is 0 Å². The van der Waals surface area contributed by atoms with E-state index in [2.05, 4.69) is 68.2 Å². The molecule has 1 aliphatic heterocycles. The first-order valence-electron chi connectivity index (χ1n) is 8.29. The van der Waals surface area contributed by atoms with E-state index < -0.39 is 0 Å². The Morgan fingerprint density at radius 1 is 0.958 bits per heavy atom. The molecule has 0 aromatic heterocycles. The van der Waals surface area contributed by atoms with E-state index in [1.54, 1.807) is 11.8 Å². The van der Waals surface area contributed by atoms with Crippen molar-refractivity contribution in [2.24, 2.45) is 0 Å². The summed E-state index contributed by atoms with van der Waals surface area (Å²) in [5.41, 5.74) is 1.29. The average Bonchev–Trinajstić information content (AvgIpc) is 2.63. The molecule has 0 aliphatic carbocycles. The minimum Gasteiger partial charge on any atom is -0.391 e. The quantitative estimate of drug-likeness (QED) is 0.739. The van der Waals surface area contributed by atoms with Crippen molar-refractivity contribution >= 4 is 33.4 Å². The summed E-state index contributed by atoms with van der Waals surface area (Å²) < 4.78 is 1.09. The number of thioether (sulfide) groups is 1. The van der Waals surface area contributed by atoms with Crippen molar-refractivity contribution in [2.75, 3.05) is 43.4 Å². The highest BCUT2D eigenvalue weighted by atomic mass is 79.9. The molecule has 1 atom stereocenters. The fourth-order valence-corrected chi connectivity index (χ4v) is 3.98. The zero-order valence-corrected chi connectivity index (χ0v) is 16.0. The van der Waals surface area contributed by atoms with Gasteiger partial charge in [0.1, 0.15) is 0 Å². The third-order valence-electron chi connectivity index (χ3n) is 4.22. The smallest absolute Gasteiger partial charge is 0.0760 e. The summed E-state index contributed by atoms with van der Waals surface area (Å²) in [5.74, 6) is 0.737. The number of hydrogen-bond donors (Lipinski definition) is 1. The van der Waals surface area contributed by atoms with Gasteiger partial charge in [-0.15, -0.1) is 11.8 Å². The zero-order chi connectivity index (χ0) is 16.8. The summed E-state index contributed by atoms with van der Waals surface area (Å²) in [6.45, 7) is 4.82. The van der Waals surface area contributed by atoms with Crippen molar-refractivity contribution in [3.8, 4) is 0 Å². The second kappa shape index (κ2) is 8.90. The molecule has 0 amide bonds. The second-order valence-electron chi connectivity index (χ2n) is 6.04. The summed E-state index contributed by atoms with van der Waals surface area (Å²) in [4.78, 5) is 5.98. The maximum Gasteiger partial charge on any atom is 0.0760 e. The molecule has 0 radical (unpaired) electrons. The van der Waals surface area contributed by atoms with Gasteiger partial charge in [-0.05, 0) is 36.4 Å². The number of nitrogens with zero attached hydrogens (tertiary/aromatic N) is 2. The topological polar surface area (TPSA) is 26.7 Å². The minimum atomic E-state index is -0.290. The Morgan fingerprint density at radius 2 is 1.62 bits per heavy atom. The van der Waals surface area contributed by atoms with Crippen LogP contribution < -0.4 is 4.90 Å². The first-order chi connectivity index (χ1) is 11.7. The van der Waals surface area contributed by atoms with Gasteiger partial charge in [-0.2, -0.15) is 0 Å². The first-order valence-corrected chi connectivity index (χ1v) is 10.1. The van der Waals surface area contributed by atoms with Crippen LogP contribution >= 0.6 is 27.7 Å². The lowest BCUT2D eigenvalue weighted by molar-refractivity contribution is 0.126. The van der Waals surface area contributed by atoms with Crippen LogP contribution in [0.3, 0.4) is 0 Å². The predicted molar refractivity (Wildman–Crippen MR) is 106 cm³/mol. The van der Waals surface area contributed by atoms with Gasteiger partial charge in [0.05, 0.1) is 6.10 Å². The fraction of sp³-hybridized carbons (Fsp3) is 0.368. The number of anilines is 1. The highest BCUT2D eigenvalue weighted by Gasteiger charge is 2.19. The van der Waals surface area contributed by atoms with Crippen LogP contribution in [0.4, 0.5) is 5.69 Å². The zero-order valence-electron chi connectivity index (χ0n) is 13.6.